The number of thiazole rings is 1. The van der Waals surface area contributed by atoms with Crippen LogP contribution in [-0.4, -0.2) is 35.5 Å². The van der Waals surface area contributed by atoms with Crippen molar-refractivity contribution in [1.29, 1.82) is 0 Å². The molecule has 7 heteroatoms. The molecule has 2 aliphatic heterocycles. The summed E-state index contributed by atoms with van der Waals surface area (Å²) in [5, 5.41) is 4.80. The summed E-state index contributed by atoms with van der Waals surface area (Å²) in [6.45, 7) is 1.90. The molecule has 5 nitrogen and oxygen atoms in total. The third-order valence-electron chi connectivity index (χ3n) is 4.92. The van der Waals surface area contributed by atoms with Crippen molar-refractivity contribution in [1.82, 2.24) is 9.88 Å². The Labute approximate surface area is 165 Å². The minimum Gasteiger partial charge on any atom is -0.486 e. The first-order valence-corrected chi connectivity index (χ1v) is 10.8. The van der Waals surface area contributed by atoms with Crippen molar-refractivity contribution in [3.8, 4) is 21.4 Å². The molecule has 138 valence electrons. The van der Waals surface area contributed by atoms with E-state index < -0.39 is 0 Å². The van der Waals surface area contributed by atoms with Gasteiger partial charge < -0.3 is 14.4 Å². The van der Waals surface area contributed by atoms with Gasteiger partial charge in [-0.1, -0.05) is 12.1 Å². The summed E-state index contributed by atoms with van der Waals surface area (Å²) in [5.74, 6) is 1.55. The topological polar surface area (TPSA) is 51.7 Å². The Morgan fingerprint density at radius 1 is 1.15 bits per heavy atom. The lowest BCUT2D eigenvalue weighted by Crippen LogP contribution is -2.30. The minimum atomic E-state index is 0.00597. The van der Waals surface area contributed by atoms with E-state index in [0.717, 1.165) is 46.3 Å². The Balaban J connectivity index is 1.40. The van der Waals surface area contributed by atoms with Gasteiger partial charge in [0.2, 0.25) is 0 Å². The van der Waals surface area contributed by atoms with Gasteiger partial charge in [0.1, 0.15) is 23.9 Å². The van der Waals surface area contributed by atoms with Crippen LogP contribution in [0.4, 0.5) is 0 Å². The van der Waals surface area contributed by atoms with Gasteiger partial charge in [0.05, 0.1) is 10.9 Å². The van der Waals surface area contributed by atoms with E-state index in [9.17, 15) is 4.79 Å². The number of likely N-dealkylation sites (tertiary alicyclic amines) is 1. The van der Waals surface area contributed by atoms with Crippen molar-refractivity contribution in [3.05, 3.63) is 52.3 Å². The molecular weight excluding hydrogens is 380 g/mol. The molecule has 0 N–H and O–H groups in total. The van der Waals surface area contributed by atoms with E-state index in [0.29, 0.717) is 18.9 Å². The molecule has 0 spiro atoms. The number of aromatic nitrogens is 1. The molecule has 0 radical (unpaired) electrons. The summed E-state index contributed by atoms with van der Waals surface area (Å²) in [6.07, 6.45) is 1.94. The summed E-state index contributed by atoms with van der Waals surface area (Å²) < 4.78 is 11.3. The van der Waals surface area contributed by atoms with Gasteiger partial charge in [0, 0.05) is 11.9 Å². The van der Waals surface area contributed by atoms with Crippen molar-refractivity contribution in [2.45, 2.75) is 18.9 Å². The van der Waals surface area contributed by atoms with Crippen molar-refractivity contribution in [2.24, 2.45) is 0 Å². The Kier molecular flexibility index (Phi) is 4.33. The van der Waals surface area contributed by atoms with Gasteiger partial charge in [-0.05, 0) is 42.0 Å². The SMILES string of the molecule is O=C(c1csc(-c2cccs2)n1)N1CCC[C@@H]1c1ccc2c(c1)OCCO2. The lowest BCUT2D eigenvalue weighted by atomic mass is 10.0. The average Bonchev–Trinajstić information content (AvgIpc) is 3.48. The number of fused-ring (bicyclic) bond motifs is 1. The van der Waals surface area contributed by atoms with Crippen molar-refractivity contribution < 1.29 is 14.3 Å². The summed E-state index contributed by atoms with van der Waals surface area (Å²) in [5.41, 5.74) is 1.63. The number of ether oxygens (including phenoxy) is 2. The maximum atomic E-state index is 13.1. The first-order valence-electron chi connectivity index (χ1n) is 8.99. The largest absolute Gasteiger partial charge is 0.486 e. The highest BCUT2D eigenvalue weighted by atomic mass is 32.1. The van der Waals surface area contributed by atoms with E-state index in [1.165, 1.54) is 11.3 Å². The molecule has 4 heterocycles. The van der Waals surface area contributed by atoms with Crippen LogP contribution in [0.5, 0.6) is 11.5 Å². The Morgan fingerprint density at radius 2 is 2.04 bits per heavy atom. The molecule has 3 aromatic rings. The molecule has 5 rings (SSSR count). The number of carbonyl (C=O) groups is 1. The highest BCUT2D eigenvalue weighted by Crippen LogP contribution is 2.39. The van der Waals surface area contributed by atoms with E-state index in [-0.39, 0.29) is 11.9 Å². The first kappa shape index (κ1) is 16.8. The minimum absolute atomic E-state index is 0.00597. The Bertz CT molecular complexity index is 968. The second-order valence-electron chi connectivity index (χ2n) is 6.57. The Morgan fingerprint density at radius 3 is 2.89 bits per heavy atom. The van der Waals surface area contributed by atoms with Crippen LogP contribution in [0.1, 0.15) is 34.9 Å². The fraction of sp³-hybridized carbons (Fsp3) is 0.300. The predicted molar refractivity (Wildman–Crippen MR) is 106 cm³/mol. The van der Waals surface area contributed by atoms with Crippen LogP contribution in [-0.2, 0) is 0 Å². The zero-order valence-corrected chi connectivity index (χ0v) is 16.2. The molecule has 0 aliphatic carbocycles. The fourth-order valence-corrected chi connectivity index (χ4v) is 5.26. The summed E-state index contributed by atoms with van der Waals surface area (Å²) in [4.78, 5) is 20.8. The summed E-state index contributed by atoms with van der Waals surface area (Å²) in [6, 6.07) is 10.1. The second-order valence-corrected chi connectivity index (χ2v) is 8.38. The molecule has 2 aromatic heterocycles. The molecule has 1 amide bonds. The third-order valence-corrected chi connectivity index (χ3v) is 6.80. The van der Waals surface area contributed by atoms with Crippen LogP contribution in [0.3, 0.4) is 0 Å². The number of benzene rings is 1. The van der Waals surface area contributed by atoms with Crippen LogP contribution in [0.2, 0.25) is 0 Å². The number of rotatable bonds is 3. The zero-order valence-electron chi connectivity index (χ0n) is 14.6. The van der Waals surface area contributed by atoms with Gasteiger partial charge in [-0.2, -0.15) is 0 Å². The predicted octanol–water partition coefficient (Wildman–Crippen LogP) is 4.62. The number of thiophene rings is 1. The Hall–Kier alpha value is -2.38. The highest BCUT2D eigenvalue weighted by Gasteiger charge is 2.32. The van der Waals surface area contributed by atoms with Gasteiger partial charge in [-0.15, -0.1) is 22.7 Å². The van der Waals surface area contributed by atoms with E-state index in [1.807, 2.05) is 46.0 Å². The smallest absolute Gasteiger partial charge is 0.273 e. The number of hydrogen-bond acceptors (Lipinski definition) is 6. The molecule has 0 unspecified atom stereocenters. The van der Waals surface area contributed by atoms with E-state index in [4.69, 9.17) is 9.47 Å². The zero-order chi connectivity index (χ0) is 18.2. The second kappa shape index (κ2) is 6.98. The van der Waals surface area contributed by atoms with Crippen LogP contribution < -0.4 is 9.47 Å². The van der Waals surface area contributed by atoms with Crippen LogP contribution >= 0.6 is 22.7 Å². The van der Waals surface area contributed by atoms with E-state index in [1.54, 1.807) is 11.3 Å². The van der Waals surface area contributed by atoms with Crippen molar-refractivity contribution >= 4 is 28.6 Å². The number of carbonyl (C=O) groups excluding carboxylic acids is 1. The third kappa shape index (κ3) is 3.11. The maximum absolute atomic E-state index is 13.1. The number of hydrogen-bond donors (Lipinski definition) is 0. The van der Waals surface area contributed by atoms with Gasteiger partial charge >= 0.3 is 0 Å². The van der Waals surface area contributed by atoms with Gasteiger partial charge in [0.15, 0.2) is 11.5 Å². The monoisotopic (exact) mass is 398 g/mol. The van der Waals surface area contributed by atoms with Gasteiger partial charge in [0.25, 0.3) is 5.91 Å². The van der Waals surface area contributed by atoms with E-state index >= 15 is 0 Å². The molecule has 1 saturated heterocycles. The molecule has 0 saturated carbocycles. The molecule has 1 atom stereocenters. The number of nitrogens with zero attached hydrogens (tertiary/aromatic N) is 2. The van der Waals surface area contributed by atoms with Gasteiger partial charge in [-0.25, -0.2) is 4.98 Å². The van der Waals surface area contributed by atoms with Crippen molar-refractivity contribution in [3.63, 3.8) is 0 Å². The number of amides is 1. The molecular formula is C20H18N2O3S2. The normalized spacial score (nSPS) is 18.7. The molecule has 27 heavy (non-hydrogen) atoms. The van der Waals surface area contributed by atoms with Crippen LogP contribution in [0.25, 0.3) is 9.88 Å². The molecule has 0 bridgehead atoms. The highest BCUT2D eigenvalue weighted by molar-refractivity contribution is 7.20. The summed E-state index contributed by atoms with van der Waals surface area (Å²) in [7, 11) is 0. The van der Waals surface area contributed by atoms with Crippen molar-refractivity contribution in [2.75, 3.05) is 19.8 Å². The maximum Gasteiger partial charge on any atom is 0.273 e. The molecule has 1 fully saturated rings. The molecule has 1 aromatic carbocycles. The first-order chi connectivity index (χ1) is 13.3. The van der Waals surface area contributed by atoms with Gasteiger partial charge in [-0.3, -0.25) is 4.79 Å². The van der Waals surface area contributed by atoms with Crippen LogP contribution in [0, 0.1) is 0 Å². The lowest BCUT2D eigenvalue weighted by molar-refractivity contribution is 0.0730. The quantitative estimate of drug-likeness (QED) is 0.646. The fourth-order valence-electron chi connectivity index (χ4n) is 3.66. The standard InChI is InChI=1S/C20H18N2O3S2/c23-20(14-12-27-19(21-14)18-4-2-10-26-18)22-7-1-3-15(22)13-5-6-16-17(11-13)25-9-8-24-16/h2,4-6,10-12,15H,1,3,7-9H2/t15-/m1/s1. The van der Waals surface area contributed by atoms with E-state index in [2.05, 4.69) is 4.98 Å². The average molecular weight is 399 g/mol. The summed E-state index contributed by atoms with van der Waals surface area (Å²) >= 11 is 3.17. The van der Waals surface area contributed by atoms with Crippen LogP contribution in [0.15, 0.2) is 41.1 Å². The molecule has 2 aliphatic rings. The lowest BCUT2D eigenvalue weighted by Gasteiger charge is -2.26.